The summed E-state index contributed by atoms with van der Waals surface area (Å²) in [6.07, 6.45) is 19.3. The van der Waals surface area contributed by atoms with Gasteiger partial charge in [-0.05, 0) is 25.5 Å². The number of hydrogen-bond donors (Lipinski definition) is 2. The van der Waals surface area contributed by atoms with Gasteiger partial charge in [0.2, 0.25) is 5.91 Å². The summed E-state index contributed by atoms with van der Waals surface area (Å²) >= 11 is 0. The largest absolute Gasteiger partial charge is 0.348 e. The second kappa shape index (κ2) is 18.7. The Labute approximate surface area is 180 Å². The van der Waals surface area contributed by atoms with Crippen LogP contribution in [0, 0.1) is 0 Å². The van der Waals surface area contributed by atoms with Gasteiger partial charge in [0.25, 0.3) is 0 Å². The van der Waals surface area contributed by atoms with E-state index in [1.54, 1.807) is 0 Å². The van der Waals surface area contributed by atoms with Gasteiger partial charge in [-0.3, -0.25) is 4.79 Å². The molecule has 1 aromatic carbocycles. The van der Waals surface area contributed by atoms with Gasteiger partial charge in [0, 0.05) is 0 Å². The highest BCUT2D eigenvalue weighted by molar-refractivity contribution is 5.78. The van der Waals surface area contributed by atoms with E-state index in [-0.39, 0.29) is 11.9 Å². The Morgan fingerprint density at radius 2 is 1.24 bits per heavy atom. The molecular weight excluding hydrogens is 356 g/mol. The first-order valence-corrected chi connectivity index (χ1v) is 12.3. The zero-order chi connectivity index (χ0) is 21.0. The molecule has 0 aliphatic heterocycles. The minimum absolute atomic E-state index is 0.0616. The highest BCUT2D eigenvalue weighted by Crippen LogP contribution is 2.13. The lowest BCUT2D eigenvalue weighted by Gasteiger charge is -2.14. The fourth-order valence-electron chi connectivity index (χ4n) is 3.76. The van der Waals surface area contributed by atoms with Gasteiger partial charge in [-0.25, -0.2) is 0 Å². The summed E-state index contributed by atoms with van der Waals surface area (Å²) in [7, 11) is 0. The van der Waals surface area contributed by atoms with Crippen molar-refractivity contribution in [3.8, 4) is 0 Å². The van der Waals surface area contributed by atoms with Crippen LogP contribution in [0.1, 0.15) is 115 Å². The Balaban J connectivity index is 1.81. The van der Waals surface area contributed by atoms with Gasteiger partial charge >= 0.3 is 0 Å². The van der Waals surface area contributed by atoms with Crippen LogP contribution in [0.5, 0.6) is 0 Å². The zero-order valence-corrected chi connectivity index (χ0v) is 19.2. The van der Waals surface area contributed by atoms with E-state index in [9.17, 15) is 4.79 Å². The summed E-state index contributed by atoms with van der Waals surface area (Å²) in [4.78, 5) is 12.0. The molecule has 0 bridgehead atoms. The van der Waals surface area contributed by atoms with Crippen molar-refractivity contribution in [2.75, 3.05) is 13.1 Å². The maximum Gasteiger partial charge on any atom is 0.234 e. The molecule has 3 nitrogen and oxygen atoms in total. The summed E-state index contributed by atoms with van der Waals surface area (Å²) in [6.45, 7) is 5.66. The van der Waals surface area contributed by atoms with E-state index in [1.807, 2.05) is 37.3 Å². The molecule has 0 radical (unpaired) electrons. The normalized spacial score (nSPS) is 12.1. The van der Waals surface area contributed by atoms with Crippen molar-refractivity contribution in [3.63, 3.8) is 0 Å². The average Bonchev–Trinajstić information content (AvgIpc) is 2.74. The van der Waals surface area contributed by atoms with Gasteiger partial charge in [0.05, 0.1) is 12.6 Å². The number of carbonyl (C=O) groups is 1. The SMILES string of the molecule is CCCCCCCCCCCCCCCCNCC(=O)NC(C)c1ccccc1. The lowest BCUT2D eigenvalue weighted by atomic mass is 10.0. The van der Waals surface area contributed by atoms with Crippen LogP contribution in [0.4, 0.5) is 0 Å². The summed E-state index contributed by atoms with van der Waals surface area (Å²) in [6, 6.07) is 10.2. The summed E-state index contributed by atoms with van der Waals surface area (Å²) in [5.74, 6) is 0.0757. The molecule has 0 heterocycles. The van der Waals surface area contributed by atoms with Gasteiger partial charge in [-0.15, -0.1) is 0 Å². The molecule has 0 aromatic heterocycles. The first-order chi connectivity index (χ1) is 14.2. The number of hydrogen-bond acceptors (Lipinski definition) is 2. The molecule has 166 valence electrons. The maximum atomic E-state index is 12.0. The van der Waals surface area contributed by atoms with Crippen LogP contribution in [-0.4, -0.2) is 19.0 Å². The van der Waals surface area contributed by atoms with Crippen LogP contribution in [-0.2, 0) is 4.79 Å². The first kappa shape index (κ1) is 25.7. The first-order valence-electron chi connectivity index (χ1n) is 12.3. The van der Waals surface area contributed by atoms with E-state index >= 15 is 0 Å². The fraction of sp³-hybridized carbons (Fsp3) is 0.731. The van der Waals surface area contributed by atoms with E-state index in [4.69, 9.17) is 0 Å². The van der Waals surface area contributed by atoms with Gasteiger partial charge in [0.15, 0.2) is 0 Å². The molecule has 1 unspecified atom stereocenters. The van der Waals surface area contributed by atoms with Crippen LogP contribution < -0.4 is 10.6 Å². The topological polar surface area (TPSA) is 41.1 Å². The van der Waals surface area contributed by atoms with Gasteiger partial charge in [-0.2, -0.15) is 0 Å². The zero-order valence-electron chi connectivity index (χ0n) is 19.2. The smallest absolute Gasteiger partial charge is 0.234 e. The summed E-state index contributed by atoms with van der Waals surface area (Å²) in [5, 5.41) is 6.32. The van der Waals surface area contributed by atoms with Crippen molar-refractivity contribution in [1.82, 2.24) is 10.6 Å². The second-order valence-electron chi connectivity index (χ2n) is 8.47. The summed E-state index contributed by atoms with van der Waals surface area (Å²) in [5.41, 5.74) is 1.15. The predicted octanol–water partition coefficient (Wildman–Crippen LogP) is 6.93. The fourth-order valence-corrected chi connectivity index (χ4v) is 3.76. The molecule has 0 aliphatic rings. The second-order valence-corrected chi connectivity index (χ2v) is 8.47. The van der Waals surface area contributed by atoms with Gasteiger partial charge in [0.1, 0.15) is 0 Å². The molecule has 0 saturated heterocycles. The predicted molar refractivity (Wildman–Crippen MR) is 126 cm³/mol. The molecular formula is C26H46N2O. The highest BCUT2D eigenvalue weighted by atomic mass is 16.1. The Kier molecular flexibility index (Phi) is 16.5. The van der Waals surface area contributed by atoms with Crippen molar-refractivity contribution < 1.29 is 4.79 Å². The van der Waals surface area contributed by atoms with Crippen molar-refractivity contribution >= 4 is 5.91 Å². The van der Waals surface area contributed by atoms with Crippen LogP contribution in [0.2, 0.25) is 0 Å². The molecule has 1 amide bonds. The third-order valence-electron chi connectivity index (χ3n) is 5.67. The van der Waals surface area contributed by atoms with Crippen molar-refractivity contribution in [2.45, 2.75) is 110 Å². The number of unbranched alkanes of at least 4 members (excludes halogenated alkanes) is 13. The number of rotatable bonds is 19. The Bertz CT molecular complexity index is 489. The third-order valence-corrected chi connectivity index (χ3v) is 5.67. The average molecular weight is 403 g/mol. The van der Waals surface area contributed by atoms with Gasteiger partial charge in [-0.1, -0.05) is 121 Å². The van der Waals surface area contributed by atoms with Crippen LogP contribution in [0.15, 0.2) is 30.3 Å². The number of carbonyl (C=O) groups excluding carboxylic acids is 1. The molecule has 29 heavy (non-hydrogen) atoms. The Morgan fingerprint density at radius 3 is 1.76 bits per heavy atom. The minimum atomic E-state index is 0.0616. The van der Waals surface area contributed by atoms with Crippen molar-refractivity contribution in [2.24, 2.45) is 0 Å². The molecule has 0 saturated carbocycles. The number of nitrogens with one attached hydrogen (secondary N) is 2. The number of amides is 1. The molecule has 3 heteroatoms. The molecule has 1 rings (SSSR count). The third kappa shape index (κ3) is 15.2. The van der Waals surface area contributed by atoms with Crippen molar-refractivity contribution in [3.05, 3.63) is 35.9 Å². The van der Waals surface area contributed by atoms with Crippen LogP contribution >= 0.6 is 0 Å². The van der Waals surface area contributed by atoms with Gasteiger partial charge < -0.3 is 10.6 Å². The van der Waals surface area contributed by atoms with Crippen LogP contribution in [0.3, 0.4) is 0 Å². The maximum absolute atomic E-state index is 12.0. The lowest BCUT2D eigenvalue weighted by molar-refractivity contribution is -0.120. The minimum Gasteiger partial charge on any atom is -0.348 e. The molecule has 1 aromatic rings. The summed E-state index contributed by atoms with van der Waals surface area (Å²) < 4.78 is 0. The van der Waals surface area contributed by atoms with Crippen molar-refractivity contribution in [1.29, 1.82) is 0 Å². The monoisotopic (exact) mass is 402 g/mol. The highest BCUT2D eigenvalue weighted by Gasteiger charge is 2.08. The van der Waals surface area contributed by atoms with E-state index in [1.165, 1.54) is 89.9 Å². The van der Waals surface area contributed by atoms with E-state index in [0.717, 1.165) is 12.1 Å². The standard InChI is InChI=1S/C26H46N2O/c1-3-4-5-6-7-8-9-10-11-12-13-14-15-19-22-27-23-26(29)28-24(2)25-20-17-16-18-21-25/h16-18,20-21,24,27H,3-15,19,22-23H2,1-2H3,(H,28,29). The van der Waals surface area contributed by atoms with E-state index in [2.05, 4.69) is 17.6 Å². The molecule has 0 fully saturated rings. The van der Waals surface area contributed by atoms with E-state index in [0.29, 0.717) is 6.54 Å². The molecule has 0 aliphatic carbocycles. The van der Waals surface area contributed by atoms with Crippen LogP contribution in [0.25, 0.3) is 0 Å². The molecule has 0 spiro atoms. The van der Waals surface area contributed by atoms with E-state index < -0.39 is 0 Å². The lowest BCUT2D eigenvalue weighted by Crippen LogP contribution is -2.35. The quantitative estimate of drug-likeness (QED) is 0.246. The molecule has 1 atom stereocenters. The number of benzene rings is 1. The Morgan fingerprint density at radius 1 is 0.759 bits per heavy atom. The Hall–Kier alpha value is -1.35. The molecule has 2 N–H and O–H groups in total.